The molecule has 0 spiro atoms. The second kappa shape index (κ2) is 15.4. The summed E-state index contributed by atoms with van der Waals surface area (Å²) in [7, 11) is 0. The number of nitrogens with zero attached hydrogens (tertiary/aromatic N) is 2. The minimum absolute atomic E-state index is 0.000808. The molecule has 2 fully saturated rings. The molecule has 1 aromatic carbocycles. The van der Waals surface area contributed by atoms with Gasteiger partial charge >= 0.3 is 0 Å². The number of carbonyl (C=O) groups excluding carboxylic acids is 4. The summed E-state index contributed by atoms with van der Waals surface area (Å²) in [6.07, 6.45) is 9.89. The highest BCUT2D eigenvalue weighted by molar-refractivity contribution is 6.00. The van der Waals surface area contributed by atoms with Crippen molar-refractivity contribution < 1.29 is 23.6 Å². The van der Waals surface area contributed by atoms with Crippen LogP contribution in [0.5, 0.6) is 0 Å². The maximum absolute atomic E-state index is 15.6. The lowest BCUT2D eigenvalue weighted by Gasteiger charge is -2.27. The number of carbonyl (C=O) groups is 4. The van der Waals surface area contributed by atoms with Gasteiger partial charge in [0.15, 0.2) is 5.78 Å². The van der Waals surface area contributed by atoms with Crippen LogP contribution in [0, 0.1) is 23.6 Å². The van der Waals surface area contributed by atoms with E-state index in [0.717, 1.165) is 51.4 Å². The third kappa shape index (κ3) is 8.54. The number of aromatic nitrogens is 2. The predicted molar refractivity (Wildman–Crippen MR) is 168 cm³/mol. The number of rotatable bonds is 14. The van der Waals surface area contributed by atoms with Crippen LogP contribution in [0.3, 0.4) is 0 Å². The highest BCUT2D eigenvalue weighted by Crippen LogP contribution is 2.34. The van der Waals surface area contributed by atoms with Crippen molar-refractivity contribution in [3.63, 3.8) is 0 Å². The molecule has 10 heteroatoms. The number of hydrogen-bond donors (Lipinski definition) is 3. The van der Waals surface area contributed by atoms with Crippen LogP contribution >= 0.6 is 0 Å². The van der Waals surface area contributed by atoms with Crippen LogP contribution in [-0.2, 0) is 20.9 Å². The molecule has 0 radical (unpaired) electrons. The van der Waals surface area contributed by atoms with E-state index in [1.807, 2.05) is 13.8 Å². The molecule has 2 aromatic rings. The number of halogens is 1. The van der Waals surface area contributed by atoms with Crippen LogP contribution in [0.25, 0.3) is 0 Å². The Bertz CT molecular complexity index is 1310. The highest BCUT2D eigenvalue weighted by Gasteiger charge is 2.35. The number of ketones is 1. The Morgan fingerprint density at radius 3 is 2.25 bits per heavy atom. The van der Waals surface area contributed by atoms with Crippen LogP contribution in [0.1, 0.15) is 114 Å². The number of hydrogen-bond acceptors (Lipinski definition) is 5. The van der Waals surface area contributed by atoms with E-state index in [-0.39, 0.29) is 54.0 Å². The first-order valence-electron chi connectivity index (χ1n) is 16.4. The monoisotopic (exact) mass is 609 g/mol. The molecule has 3 N–H and O–H groups in total. The van der Waals surface area contributed by atoms with Crippen molar-refractivity contribution in [2.45, 2.75) is 116 Å². The second-order valence-electron chi connectivity index (χ2n) is 12.6. The molecule has 2 aliphatic rings. The minimum Gasteiger partial charge on any atom is -0.352 e. The molecule has 0 unspecified atom stereocenters. The Hall–Kier alpha value is -3.56. The van der Waals surface area contributed by atoms with Gasteiger partial charge in [0.2, 0.25) is 17.7 Å². The molecule has 4 rings (SSSR count). The largest absolute Gasteiger partial charge is 0.352 e. The van der Waals surface area contributed by atoms with Crippen molar-refractivity contribution in [1.29, 1.82) is 0 Å². The Morgan fingerprint density at radius 2 is 1.64 bits per heavy atom. The van der Waals surface area contributed by atoms with Crippen molar-refractivity contribution in [3.8, 4) is 0 Å². The molecule has 44 heavy (non-hydrogen) atoms. The van der Waals surface area contributed by atoms with E-state index >= 15 is 4.39 Å². The van der Waals surface area contributed by atoms with Crippen molar-refractivity contribution in [2.75, 3.05) is 5.32 Å². The van der Waals surface area contributed by atoms with Gasteiger partial charge in [-0.3, -0.25) is 23.9 Å². The molecule has 1 heterocycles. The molecule has 9 nitrogen and oxygen atoms in total. The van der Waals surface area contributed by atoms with Gasteiger partial charge in [-0.05, 0) is 75.1 Å². The zero-order valence-corrected chi connectivity index (χ0v) is 26.5. The quantitative estimate of drug-likeness (QED) is 0.186. The maximum atomic E-state index is 15.6. The molecular weight excluding hydrogens is 561 g/mol. The topological polar surface area (TPSA) is 122 Å². The minimum atomic E-state index is -0.870. The van der Waals surface area contributed by atoms with E-state index in [1.165, 1.54) is 12.1 Å². The zero-order valence-electron chi connectivity index (χ0n) is 26.5. The summed E-state index contributed by atoms with van der Waals surface area (Å²) < 4.78 is 17.2. The number of nitrogens with one attached hydrogen (secondary N) is 3. The van der Waals surface area contributed by atoms with Gasteiger partial charge in [-0.15, -0.1) is 0 Å². The van der Waals surface area contributed by atoms with Gasteiger partial charge in [0, 0.05) is 43.5 Å². The average molecular weight is 610 g/mol. The first kappa shape index (κ1) is 33.3. The average Bonchev–Trinajstić information content (AvgIpc) is 3.81. The molecule has 0 bridgehead atoms. The normalized spacial score (nSPS) is 18.4. The Kier molecular flexibility index (Phi) is 11.7. The van der Waals surface area contributed by atoms with Crippen molar-refractivity contribution in [1.82, 2.24) is 20.4 Å². The van der Waals surface area contributed by atoms with E-state index in [2.05, 4.69) is 21.0 Å². The van der Waals surface area contributed by atoms with Gasteiger partial charge in [0.25, 0.3) is 0 Å². The third-order valence-electron chi connectivity index (χ3n) is 9.41. The fourth-order valence-electron chi connectivity index (χ4n) is 6.37. The SMILES string of the molecule is CCC(=O)N[C@@H](C(=O)N[C@@H](C)C1CC1)[C@@H](C)c1ccc(NC(=O)[C@@H](CC(=O)c2ccnn2CC)C2CCCCCC2)c(F)c1. The molecule has 2 saturated carbocycles. The van der Waals surface area contributed by atoms with Crippen LogP contribution in [0.15, 0.2) is 30.5 Å². The van der Waals surface area contributed by atoms with E-state index in [9.17, 15) is 19.2 Å². The molecule has 4 atom stereocenters. The van der Waals surface area contributed by atoms with Crippen LogP contribution < -0.4 is 16.0 Å². The van der Waals surface area contributed by atoms with E-state index < -0.39 is 23.7 Å². The summed E-state index contributed by atoms with van der Waals surface area (Å²) >= 11 is 0. The van der Waals surface area contributed by atoms with Gasteiger partial charge in [-0.25, -0.2) is 4.39 Å². The molecule has 3 amide bonds. The molecule has 1 aromatic heterocycles. The van der Waals surface area contributed by atoms with Gasteiger partial charge in [0.1, 0.15) is 17.6 Å². The summed E-state index contributed by atoms with van der Waals surface area (Å²) in [5.74, 6) is -2.34. The second-order valence-corrected chi connectivity index (χ2v) is 12.6. The molecule has 0 aliphatic heterocycles. The van der Waals surface area contributed by atoms with Gasteiger partial charge in [0.05, 0.1) is 5.69 Å². The smallest absolute Gasteiger partial charge is 0.243 e. The van der Waals surface area contributed by atoms with Crippen LogP contribution in [0.2, 0.25) is 0 Å². The Morgan fingerprint density at radius 1 is 0.932 bits per heavy atom. The molecule has 2 aliphatic carbocycles. The zero-order chi connectivity index (χ0) is 31.8. The fourth-order valence-corrected chi connectivity index (χ4v) is 6.37. The summed E-state index contributed by atoms with van der Waals surface area (Å²) in [6.45, 7) is 7.92. The molecule has 0 saturated heterocycles. The Balaban J connectivity index is 1.51. The highest BCUT2D eigenvalue weighted by atomic mass is 19.1. The van der Waals surface area contributed by atoms with Crippen molar-refractivity contribution in [2.24, 2.45) is 17.8 Å². The Labute approximate surface area is 260 Å². The van der Waals surface area contributed by atoms with Crippen molar-refractivity contribution >= 4 is 29.2 Å². The van der Waals surface area contributed by atoms with Gasteiger partial charge < -0.3 is 16.0 Å². The number of aryl methyl sites for hydroxylation is 1. The number of amides is 3. The lowest BCUT2D eigenvalue weighted by Crippen LogP contribution is -2.51. The lowest BCUT2D eigenvalue weighted by molar-refractivity contribution is -0.129. The van der Waals surface area contributed by atoms with Crippen LogP contribution in [0.4, 0.5) is 10.1 Å². The van der Waals surface area contributed by atoms with Crippen LogP contribution in [-0.4, -0.2) is 45.4 Å². The van der Waals surface area contributed by atoms with Gasteiger partial charge in [-0.1, -0.05) is 45.6 Å². The summed E-state index contributed by atoms with van der Waals surface area (Å²) in [5.41, 5.74) is 1.03. The first-order valence-corrected chi connectivity index (χ1v) is 16.4. The summed E-state index contributed by atoms with van der Waals surface area (Å²) in [5, 5.41) is 12.8. The molecule has 240 valence electrons. The van der Waals surface area contributed by atoms with Crippen molar-refractivity contribution in [3.05, 3.63) is 47.5 Å². The lowest BCUT2D eigenvalue weighted by atomic mass is 9.81. The van der Waals surface area contributed by atoms with E-state index in [0.29, 0.717) is 23.7 Å². The van der Waals surface area contributed by atoms with E-state index in [1.54, 1.807) is 36.9 Å². The fraction of sp³-hybridized carbons (Fsp3) is 0.618. The standard InChI is InChI=1S/C34H48FN5O4/c1-5-31(42)39-32(34(44)37-22(4)23-13-14-23)21(3)25-15-16-28(27(35)19-25)38-33(43)26(24-11-9-7-8-10-12-24)20-30(41)29-17-18-36-40(29)6-2/h15-19,21-24,26,32H,5-14,20H2,1-4H3,(H,37,44)(H,38,43)(H,39,42)/t21-,22-,26-,32+/m0/s1. The maximum Gasteiger partial charge on any atom is 0.243 e. The first-order chi connectivity index (χ1) is 21.1. The molecular formula is C34H48FN5O4. The predicted octanol–water partition coefficient (Wildman–Crippen LogP) is 5.75. The number of Topliss-reactive ketones (excluding diaryl/α,β-unsaturated/α-hetero) is 1. The third-order valence-corrected chi connectivity index (χ3v) is 9.41. The van der Waals surface area contributed by atoms with Gasteiger partial charge in [-0.2, -0.15) is 5.10 Å². The summed E-state index contributed by atoms with van der Waals surface area (Å²) in [6, 6.07) is 5.30. The van der Waals surface area contributed by atoms with E-state index in [4.69, 9.17) is 0 Å². The number of benzene rings is 1. The number of anilines is 1. The summed E-state index contributed by atoms with van der Waals surface area (Å²) in [4.78, 5) is 52.5.